The third-order valence-corrected chi connectivity index (χ3v) is 4.12. The highest BCUT2D eigenvalue weighted by molar-refractivity contribution is 6.33. The standard InChI is InChI=1S/C19H18ClN5O2/c1-11-8-12(2)17(14(20)9-11)24-19-23-16(10-21-25-19)22-15-7-5-4-6-13(15)18(26)27-3/h4-10H,1-3H3,(H2,22,23,24,25). The van der Waals surface area contributed by atoms with Gasteiger partial charge in [0.15, 0.2) is 5.82 Å². The van der Waals surface area contributed by atoms with Gasteiger partial charge in [-0.1, -0.05) is 29.8 Å². The van der Waals surface area contributed by atoms with E-state index in [1.807, 2.05) is 26.0 Å². The van der Waals surface area contributed by atoms with Gasteiger partial charge in [0.25, 0.3) is 0 Å². The summed E-state index contributed by atoms with van der Waals surface area (Å²) in [5.41, 5.74) is 3.71. The third kappa shape index (κ3) is 4.32. The normalized spacial score (nSPS) is 10.4. The number of ether oxygens (including phenoxy) is 1. The van der Waals surface area contributed by atoms with Gasteiger partial charge >= 0.3 is 5.97 Å². The van der Waals surface area contributed by atoms with E-state index in [-0.39, 0.29) is 5.95 Å². The molecule has 0 radical (unpaired) electrons. The third-order valence-electron chi connectivity index (χ3n) is 3.82. The van der Waals surface area contributed by atoms with Crippen molar-refractivity contribution >= 4 is 40.7 Å². The van der Waals surface area contributed by atoms with Crippen LogP contribution in [0.5, 0.6) is 0 Å². The Labute approximate surface area is 161 Å². The summed E-state index contributed by atoms with van der Waals surface area (Å²) in [6.07, 6.45) is 1.46. The van der Waals surface area contributed by atoms with Crippen LogP contribution in [0, 0.1) is 13.8 Å². The summed E-state index contributed by atoms with van der Waals surface area (Å²) >= 11 is 6.32. The van der Waals surface area contributed by atoms with E-state index in [1.54, 1.807) is 24.3 Å². The first-order valence-electron chi connectivity index (χ1n) is 8.16. The molecule has 0 saturated carbocycles. The van der Waals surface area contributed by atoms with Crippen LogP contribution in [0.15, 0.2) is 42.6 Å². The fourth-order valence-corrected chi connectivity index (χ4v) is 2.99. The number of rotatable bonds is 5. The Morgan fingerprint density at radius 1 is 1.15 bits per heavy atom. The zero-order valence-corrected chi connectivity index (χ0v) is 15.8. The van der Waals surface area contributed by atoms with Gasteiger partial charge in [-0.05, 0) is 43.2 Å². The van der Waals surface area contributed by atoms with Crippen LogP contribution >= 0.6 is 11.6 Å². The number of anilines is 4. The smallest absolute Gasteiger partial charge is 0.339 e. The van der Waals surface area contributed by atoms with Gasteiger partial charge in [-0.2, -0.15) is 10.1 Å². The van der Waals surface area contributed by atoms with Gasteiger partial charge in [0, 0.05) is 0 Å². The Morgan fingerprint density at radius 2 is 1.93 bits per heavy atom. The molecule has 8 heteroatoms. The molecule has 0 fully saturated rings. The molecule has 2 aromatic carbocycles. The first-order valence-corrected chi connectivity index (χ1v) is 8.53. The maximum Gasteiger partial charge on any atom is 0.339 e. The highest BCUT2D eigenvalue weighted by Crippen LogP contribution is 2.29. The molecule has 1 heterocycles. The lowest BCUT2D eigenvalue weighted by molar-refractivity contribution is 0.0602. The first kappa shape index (κ1) is 18.6. The number of halogens is 1. The Morgan fingerprint density at radius 3 is 2.67 bits per heavy atom. The molecule has 0 bridgehead atoms. The van der Waals surface area contributed by atoms with Crippen molar-refractivity contribution in [3.63, 3.8) is 0 Å². The Hall–Kier alpha value is -3.19. The zero-order valence-electron chi connectivity index (χ0n) is 15.1. The fraction of sp³-hybridized carbons (Fsp3) is 0.158. The number of aromatic nitrogens is 3. The minimum absolute atomic E-state index is 0.282. The summed E-state index contributed by atoms with van der Waals surface area (Å²) < 4.78 is 4.80. The van der Waals surface area contributed by atoms with E-state index in [4.69, 9.17) is 16.3 Å². The van der Waals surface area contributed by atoms with Gasteiger partial charge in [-0.3, -0.25) is 0 Å². The molecule has 0 aliphatic carbocycles. The molecule has 0 unspecified atom stereocenters. The zero-order chi connectivity index (χ0) is 19.4. The molecule has 1 aromatic heterocycles. The van der Waals surface area contributed by atoms with Crippen LogP contribution in [0.25, 0.3) is 0 Å². The lowest BCUT2D eigenvalue weighted by atomic mass is 10.1. The van der Waals surface area contributed by atoms with Crippen molar-refractivity contribution in [2.45, 2.75) is 13.8 Å². The number of hydrogen-bond acceptors (Lipinski definition) is 7. The van der Waals surface area contributed by atoms with Crippen molar-refractivity contribution in [2.24, 2.45) is 0 Å². The summed E-state index contributed by atoms with van der Waals surface area (Å²) in [4.78, 5) is 16.3. The number of nitrogens with zero attached hydrogens (tertiary/aromatic N) is 3. The van der Waals surface area contributed by atoms with Crippen LogP contribution in [-0.2, 0) is 4.74 Å². The van der Waals surface area contributed by atoms with Crippen LogP contribution < -0.4 is 10.6 Å². The van der Waals surface area contributed by atoms with Gasteiger partial charge < -0.3 is 15.4 Å². The predicted molar refractivity (Wildman–Crippen MR) is 105 cm³/mol. The van der Waals surface area contributed by atoms with E-state index < -0.39 is 5.97 Å². The van der Waals surface area contributed by atoms with E-state index in [2.05, 4.69) is 25.8 Å². The molecule has 2 N–H and O–H groups in total. The maximum absolute atomic E-state index is 11.9. The molecular formula is C19H18ClN5O2. The molecule has 3 rings (SSSR count). The number of benzene rings is 2. The number of para-hydroxylation sites is 1. The average Bonchev–Trinajstić information content (AvgIpc) is 2.65. The highest BCUT2D eigenvalue weighted by Gasteiger charge is 2.13. The van der Waals surface area contributed by atoms with E-state index >= 15 is 0 Å². The molecule has 27 heavy (non-hydrogen) atoms. The molecule has 0 amide bonds. The number of hydrogen-bond donors (Lipinski definition) is 2. The molecule has 0 spiro atoms. The molecule has 138 valence electrons. The molecule has 0 saturated heterocycles. The van der Waals surface area contributed by atoms with Crippen molar-refractivity contribution in [3.05, 3.63) is 64.3 Å². The maximum atomic E-state index is 11.9. The van der Waals surface area contributed by atoms with E-state index in [0.717, 1.165) is 16.8 Å². The Bertz CT molecular complexity index is 970. The van der Waals surface area contributed by atoms with E-state index in [9.17, 15) is 4.79 Å². The first-order chi connectivity index (χ1) is 13.0. The molecule has 3 aromatic rings. The second-order valence-corrected chi connectivity index (χ2v) is 6.30. The van der Waals surface area contributed by atoms with Crippen molar-refractivity contribution in [1.82, 2.24) is 15.2 Å². The number of carbonyl (C=O) groups excluding carboxylic acids is 1. The van der Waals surface area contributed by atoms with E-state index in [1.165, 1.54) is 13.3 Å². The van der Waals surface area contributed by atoms with Gasteiger partial charge in [0.1, 0.15) is 0 Å². The second-order valence-electron chi connectivity index (χ2n) is 5.89. The van der Waals surface area contributed by atoms with Crippen LogP contribution in [-0.4, -0.2) is 28.3 Å². The molecule has 0 aliphatic heterocycles. The van der Waals surface area contributed by atoms with Gasteiger partial charge in [-0.15, -0.1) is 5.10 Å². The number of aryl methyl sites for hydroxylation is 2. The van der Waals surface area contributed by atoms with Gasteiger partial charge in [-0.25, -0.2) is 4.79 Å². The van der Waals surface area contributed by atoms with E-state index in [0.29, 0.717) is 22.1 Å². The summed E-state index contributed by atoms with van der Waals surface area (Å²) in [6, 6.07) is 10.8. The monoisotopic (exact) mass is 383 g/mol. The average molecular weight is 384 g/mol. The largest absolute Gasteiger partial charge is 0.465 e. The van der Waals surface area contributed by atoms with Crippen LogP contribution in [0.4, 0.5) is 23.1 Å². The Kier molecular flexibility index (Phi) is 5.52. The van der Waals surface area contributed by atoms with Crippen molar-refractivity contribution in [1.29, 1.82) is 0 Å². The van der Waals surface area contributed by atoms with Crippen LogP contribution in [0.2, 0.25) is 5.02 Å². The Balaban J connectivity index is 1.87. The topological polar surface area (TPSA) is 89.0 Å². The van der Waals surface area contributed by atoms with Gasteiger partial charge in [0.2, 0.25) is 5.95 Å². The molecular weight excluding hydrogens is 366 g/mol. The molecule has 7 nitrogen and oxygen atoms in total. The van der Waals surface area contributed by atoms with Crippen molar-refractivity contribution < 1.29 is 9.53 Å². The summed E-state index contributed by atoms with van der Waals surface area (Å²) in [7, 11) is 1.33. The summed E-state index contributed by atoms with van der Waals surface area (Å²) in [6.45, 7) is 3.92. The number of methoxy groups -OCH3 is 1. The summed E-state index contributed by atoms with van der Waals surface area (Å²) in [5, 5.41) is 14.7. The number of carbonyl (C=O) groups is 1. The minimum Gasteiger partial charge on any atom is -0.465 e. The SMILES string of the molecule is COC(=O)c1ccccc1Nc1cnnc(Nc2c(C)cc(C)cc2Cl)n1. The van der Waals surface area contributed by atoms with Crippen molar-refractivity contribution in [3.8, 4) is 0 Å². The lowest BCUT2D eigenvalue weighted by Crippen LogP contribution is -2.07. The number of nitrogens with one attached hydrogen (secondary N) is 2. The quantitative estimate of drug-likeness (QED) is 0.630. The van der Waals surface area contributed by atoms with Gasteiger partial charge in [0.05, 0.1) is 35.3 Å². The summed E-state index contributed by atoms with van der Waals surface area (Å²) in [5.74, 6) is 0.259. The second kappa shape index (κ2) is 8.01. The minimum atomic E-state index is -0.444. The van der Waals surface area contributed by atoms with Crippen molar-refractivity contribution in [2.75, 3.05) is 17.7 Å². The van der Waals surface area contributed by atoms with Crippen LogP contribution in [0.3, 0.4) is 0 Å². The predicted octanol–water partition coefficient (Wildman–Crippen LogP) is 4.42. The van der Waals surface area contributed by atoms with Crippen LogP contribution in [0.1, 0.15) is 21.5 Å². The highest BCUT2D eigenvalue weighted by atomic mass is 35.5. The molecule has 0 atom stereocenters. The number of esters is 1. The lowest BCUT2D eigenvalue weighted by Gasteiger charge is -2.13. The fourth-order valence-electron chi connectivity index (χ4n) is 2.62. The molecule has 0 aliphatic rings.